The molecule has 0 aromatic heterocycles. The van der Waals surface area contributed by atoms with Gasteiger partial charge in [0.1, 0.15) is 0 Å². The second-order valence-corrected chi connectivity index (χ2v) is 10.4. The summed E-state index contributed by atoms with van der Waals surface area (Å²) in [6.45, 7) is 25.3. The lowest BCUT2D eigenvalue weighted by Gasteiger charge is -2.17. The summed E-state index contributed by atoms with van der Waals surface area (Å²) in [6.07, 6.45) is 8.77. The van der Waals surface area contributed by atoms with Crippen molar-refractivity contribution in [2.24, 2.45) is 0 Å². The molecule has 1 aliphatic rings. The van der Waals surface area contributed by atoms with Crippen LogP contribution in [0.3, 0.4) is 0 Å². The highest BCUT2D eigenvalue weighted by Crippen LogP contribution is 2.39. The first-order valence-corrected chi connectivity index (χ1v) is 14.2. The van der Waals surface area contributed by atoms with Crippen molar-refractivity contribution < 1.29 is 4.79 Å². The highest BCUT2D eigenvalue weighted by atomic mass is 32.2. The van der Waals surface area contributed by atoms with E-state index < -0.39 is 0 Å². The smallest absolute Gasteiger partial charge is 0.163 e. The SMILES string of the molecule is C=C(C)S/C(=C\C)c1ccc(C)c(-c2c(C)ccc3c2CCC3=O)c1.CCC.CCC.CCCC. The zero-order valence-corrected chi connectivity index (χ0v) is 25.0. The molecule has 0 spiro atoms. The van der Waals surface area contributed by atoms with Gasteiger partial charge in [0.15, 0.2) is 5.78 Å². The van der Waals surface area contributed by atoms with Crippen LogP contribution in [0.1, 0.15) is 120 Å². The third-order valence-electron chi connectivity index (χ3n) is 5.26. The number of benzene rings is 2. The van der Waals surface area contributed by atoms with Crippen LogP contribution >= 0.6 is 11.8 Å². The van der Waals surface area contributed by atoms with Gasteiger partial charge in [0.05, 0.1) is 0 Å². The van der Waals surface area contributed by atoms with E-state index in [1.165, 1.54) is 64.0 Å². The van der Waals surface area contributed by atoms with Crippen LogP contribution in [0.5, 0.6) is 0 Å². The van der Waals surface area contributed by atoms with Crippen LogP contribution in [0.2, 0.25) is 0 Å². The van der Waals surface area contributed by atoms with Crippen molar-refractivity contribution >= 4 is 22.5 Å². The summed E-state index contributed by atoms with van der Waals surface area (Å²) in [4.78, 5) is 14.5. The molecule has 1 aliphatic carbocycles. The van der Waals surface area contributed by atoms with Crippen molar-refractivity contribution in [3.05, 3.63) is 75.7 Å². The van der Waals surface area contributed by atoms with Gasteiger partial charge in [-0.3, -0.25) is 4.79 Å². The largest absolute Gasteiger partial charge is 0.294 e. The van der Waals surface area contributed by atoms with E-state index in [0.29, 0.717) is 6.42 Å². The summed E-state index contributed by atoms with van der Waals surface area (Å²) < 4.78 is 0. The number of carbonyl (C=O) groups is 1. The van der Waals surface area contributed by atoms with Crippen LogP contribution in [-0.2, 0) is 6.42 Å². The summed E-state index contributed by atoms with van der Waals surface area (Å²) in [5.74, 6) is 0.275. The van der Waals surface area contributed by atoms with Crippen molar-refractivity contribution in [2.75, 3.05) is 0 Å². The average Bonchev–Trinajstić information content (AvgIpc) is 3.20. The topological polar surface area (TPSA) is 17.1 Å². The maximum absolute atomic E-state index is 12.2. The monoisotopic (exact) mass is 494 g/mol. The maximum atomic E-state index is 12.2. The molecule has 1 nitrogen and oxygen atoms in total. The lowest BCUT2D eigenvalue weighted by Crippen LogP contribution is -1.97. The lowest BCUT2D eigenvalue weighted by molar-refractivity contribution is 0.0994. The van der Waals surface area contributed by atoms with Gasteiger partial charge >= 0.3 is 0 Å². The summed E-state index contributed by atoms with van der Waals surface area (Å²) in [5, 5.41) is 0. The minimum atomic E-state index is 0.275. The van der Waals surface area contributed by atoms with E-state index in [0.717, 1.165) is 16.9 Å². The number of unbranched alkanes of at least 4 members (excludes halogenated alkanes) is 1. The van der Waals surface area contributed by atoms with Gasteiger partial charge in [-0.2, -0.15) is 0 Å². The van der Waals surface area contributed by atoms with Crippen LogP contribution in [0.4, 0.5) is 0 Å². The first kappa shape index (κ1) is 32.9. The van der Waals surface area contributed by atoms with Crippen LogP contribution in [0.15, 0.2) is 47.9 Å². The fraction of sp³-hybridized carbons (Fsp3) is 0.485. The van der Waals surface area contributed by atoms with Crippen molar-refractivity contribution in [3.8, 4) is 11.1 Å². The van der Waals surface area contributed by atoms with E-state index in [4.69, 9.17) is 0 Å². The standard InChI is InChI=1S/C23H24OS.C4H10.2C3H8/c1-6-22(25-14(2)3)17-9-7-15(4)20(13-17)23-16(5)8-10-18-19(23)11-12-21(18)24;1-3-4-2;2*1-3-2/h6-10,13H,2,11-12H2,1,3-5H3;3-4H2,1-2H3;2*3H2,1-2H3/b22-6-;;;. The lowest BCUT2D eigenvalue weighted by atomic mass is 9.89. The van der Waals surface area contributed by atoms with Gasteiger partial charge in [-0.1, -0.05) is 116 Å². The van der Waals surface area contributed by atoms with Crippen molar-refractivity contribution in [2.45, 2.75) is 108 Å². The zero-order valence-electron chi connectivity index (χ0n) is 24.2. The number of allylic oxidation sites excluding steroid dienone is 2. The number of fused-ring (bicyclic) bond motifs is 1. The molecular formula is C33H50OS. The average molecular weight is 495 g/mol. The van der Waals surface area contributed by atoms with E-state index in [1.807, 2.05) is 13.0 Å². The van der Waals surface area contributed by atoms with Gasteiger partial charge in [-0.25, -0.2) is 0 Å². The fourth-order valence-corrected chi connectivity index (χ4v) is 4.29. The number of ketones is 1. The van der Waals surface area contributed by atoms with Gasteiger partial charge in [-0.05, 0) is 78.5 Å². The predicted molar refractivity (Wildman–Crippen MR) is 163 cm³/mol. The Hall–Kier alpha value is -2.06. The Morgan fingerprint density at radius 2 is 1.43 bits per heavy atom. The number of hydrogen-bond acceptors (Lipinski definition) is 2. The molecule has 3 rings (SSSR count). The normalized spacial score (nSPS) is 11.8. The Morgan fingerprint density at radius 3 is 1.91 bits per heavy atom. The first-order chi connectivity index (χ1) is 16.7. The summed E-state index contributed by atoms with van der Waals surface area (Å²) in [5.41, 5.74) is 8.31. The van der Waals surface area contributed by atoms with Crippen LogP contribution in [-0.4, -0.2) is 5.78 Å². The fourth-order valence-electron chi connectivity index (χ4n) is 3.55. The third kappa shape index (κ3) is 10.6. The molecule has 0 saturated carbocycles. The minimum Gasteiger partial charge on any atom is -0.294 e. The van der Waals surface area contributed by atoms with E-state index in [2.05, 4.69) is 99.2 Å². The number of hydrogen-bond donors (Lipinski definition) is 0. The maximum Gasteiger partial charge on any atom is 0.163 e. The van der Waals surface area contributed by atoms with E-state index in [1.54, 1.807) is 11.8 Å². The molecule has 0 heterocycles. The third-order valence-corrected chi connectivity index (χ3v) is 6.30. The number of carbonyl (C=O) groups excluding carboxylic acids is 1. The molecule has 0 atom stereocenters. The summed E-state index contributed by atoms with van der Waals surface area (Å²) in [7, 11) is 0. The molecule has 35 heavy (non-hydrogen) atoms. The number of thioether (sulfide) groups is 1. The molecule has 0 unspecified atom stereocenters. The Labute approximate surface area is 221 Å². The van der Waals surface area contributed by atoms with Gasteiger partial charge in [0, 0.05) is 16.9 Å². The van der Waals surface area contributed by atoms with Gasteiger partial charge in [-0.15, -0.1) is 0 Å². The van der Waals surface area contributed by atoms with Crippen LogP contribution in [0.25, 0.3) is 16.0 Å². The second kappa shape index (κ2) is 18.2. The molecule has 0 fully saturated rings. The Morgan fingerprint density at radius 1 is 0.886 bits per heavy atom. The molecule has 0 saturated heterocycles. The Balaban J connectivity index is 0.000000993. The molecule has 194 valence electrons. The molecule has 2 heteroatoms. The molecule has 2 aromatic carbocycles. The zero-order chi connectivity index (χ0) is 27.0. The van der Waals surface area contributed by atoms with E-state index >= 15 is 0 Å². The minimum absolute atomic E-state index is 0.275. The van der Waals surface area contributed by atoms with Crippen molar-refractivity contribution in [1.82, 2.24) is 0 Å². The molecular weight excluding hydrogens is 444 g/mol. The van der Waals surface area contributed by atoms with E-state index in [9.17, 15) is 4.79 Å². The molecule has 0 N–H and O–H groups in total. The van der Waals surface area contributed by atoms with Crippen molar-refractivity contribution in [1.29, 1.82) is 0 Å². The molecule has 0 aliphatic heterocycles. The first-order valence-electron chi connectivity index (χ1n) is 13.4. The highest BCUT2D eigenvalue weighted by Gasteiger charge is 2.24. The Kier molecular flexibility index (Phi) is 17.2. The van der Waals surface area contributed by atoms with E-state index in [-0.39, 0.29) is 5.78 Å². The Bertz CT molecular complexity index is 961. The molecule has 0 radical (unpaired) electrons. The second-order valence-electron chi connectivity index (χ2n) is 9.11. The predicted octanol–water partition coefficient (Wildman–Crippen LogP) is 11.4. The number of aryl methyl sites for hydroxylation is 2. The highest BCUT2D eigenvalue weighted by molar-refractivity contribution is 8.11. The van der Waals surface area contributed by atoms with Crippen LogP contribution < -0.4 is 0 Å². The van der Waals surface area contributed by atoms with Crippen LogP contribution in [0, 0.1) is 13.8 Å². The van der Waals surface area contributed by atoms with Gasteiger partial charge in [0.25, 0.3) is 0 Å². The molecule has 0 bridgehead atoms. The summed E-state index contributed by atoms with van der Waals surface area (Å²) in [6, 6.07) is 10.7. The molecule has 2 aromatic rings. The van der Waals surface area contributed by atoms with Crippen molar-refractivity contribution in [3.63, 3.8) is 0 Å². The van der Waals surface area contributed by atoms with Gasteiger partial charge in [0.2, 0.25) is 0 Å². The molecule has 0 amide bonds. The summed E-state index contributed by atoms with van der Waals surface area (Å²) >= 11 is 1.70. The quantitative estimate of drug-likeness (QED) is 0.411. The van der Waals surface area contributed by atoms with Gasteiger partial charge < -0.3 is 0 Å². The number of rotatable bonds is 5. The number of Topliss-reactive ketones (excluding diaryl/α,β-unsaturated/α-hetero) is 1.